The minimum Gasteiger partial charge on any atom is -0.494 e. The van der Waals surface area contributed by atoms with Crippen molar-refractivity contribution in [3.63, 3.8) is 0 Å². The zero-order valence-corrected chi connectivity index (χ0v) is 14.2. The number of hydrogen-bond donors (Lipinski definition) is 1. The van der Waals surface area contributed by atoms with Crippen LogP contribution in [-0.4, -0.2) is 25.9 Å². The molecule has 1 N–H and O–H groups in total. The Balaban J connectivity index is 2.06. The van der Waals surface area contributed by atoms with Gasteiger partial charge in [-0.2, -0.15) is 0 Å². The molecular weight excluding hydrogens is 328 g/mol. The number of nitrogens with zero attached hydrogens (tertiary/aromatic N) is 1. The minimum absolute atomic E-state index is 0.00933. The molecule has 126 valence electrons. The molecule has 0 saturated heterocycles. The van der Waals surface area contributed by atoms with E-state index in [0.717, 1.165) is 11.6 Å². The number of benzene rings is 1. The summed E-state index contributed by atoms with van der Waals surface area (Å²) >= 11 is 0. The summed E-state index contributed by atoms with van der Waals surface area (Å²) < 4.78 is 31.6. The van der Waals surface area contributed by atoms with Gasteiger partial charge in [0.25, 0.3) is 15.9 Å². The molecule has 6 nitrogen and oxygen atoms in total. The van der Waals surface area contributed by atoms with Gasteiger partial charge in [0.05, 0.1) is 11.5 Å². The maximum absolute atomic E-state index is 12.2. The highest BCUT2D eigenvalue weighted by Gasteiger charge is 2.16. The van der Waals surface area contributed by atoms with E-state index in [9.17, 15) is 13.2 Å². The molecule has 0 saturated carbocycles. The summed E-state index contributed by atoms with van der Waals surface area (Å²) in [5, 5.41) is 0. The molecule has 0 aliphatic rings. The first kappa shape index (κ1) is 17.7. The molecule has 24 heavy (non-hydrogen) atoms. The van der Waals surface area contributed by atoms with Crippen LogP contribution >= 0.6 is 0 Å². The number of amides is 1. The van der Waals surface area contributed by atoms with E-state index >= 15 is 0 Å². The Morgan fingerprint density at radius 2 is 1.96 bits per heavy atom. The number of pyridine rings is 1. The van der Waals surface area contributed by atoms with E-state index < -0.39 is 15.9 Å². The van der Waals surface area contributed by atoms with E-state index in [1.165, 1.54) is 30.3 Å². The lowest BCUT2D eigenvalue weighted by Gasteiger charge is -2.06. The van der Waals surface area contributed by atoms with Crippen LogP contribution in [0.15, 0.2) is 53.7 Å². The monoisotopic (exact) mass is 346 g/mol. The van der Waals surface area contributed by atoms with Gasteiger partial charge in [0.2, 0.25) is 0 Å². The molecule has 1 amide bonds. The number of ether oxygens (including phenoxy) is 1. The molecule has 0 unspecified atom stereocenters. The Hall–Kier alpha value is -2.67. The van der Waals surface area contributed by atoms with E-state index in [1.807, 2.05) is 24.6 Å². The molecule has 1 heterocycles. The lowest BCUT2D eigenvalue weighted by molar-refractivity contribution is -0.114. The van der Waals surface area contributed by atoms with Gasteiger partial charge in [-0.15, -0.1) is 0 Å². The molecule has 0 bridgehead atoms. The molecule has 2 rings (SSSR count). The summed E-state index contributed by atoms with van der Waals surface area (Å²) in [7, 11) is -3.93. The van der Waals surface area contributed by atoms with Crippen molar-refractivity contribution < 1.29 is 17.9 Å². The van der Waals surface area contributed by atoms with Gasteiger partial charge >= 0.3 is 0 Å². The first-order valence-electron chi connectivity index (χ1n) is 7.30. The number of carbonyl (C=O) groups excluding carboxylic acids is 1. The molecule has 0 radical (unpaired) electrons. The minimum atomic E-state index is -3.93. The third-order valence-corrected chi connectivity index (χ3v) is 4.37. The van der Waals surface area contributed by atoms with Crippen LogP contribution in [0.3, 0.4) is 0 Å². The molecule has 0 aliphatic carbocycles. The molecule has 0 spiro atoms. The van der Waals surface area contributed by atoms with Gasteiger partial charge < -0.3 is 4.74 Å². The van der Waals surface area contributed by atoms with E-state index in [2.05, 4.69) is 4.98 Å². The molecule has 1 aromatic heterocycles. The van der Waals surface area contributed by atoms with Gasteiger partial charge in [-0.3, -0.25) is 9.78 Å². The van der Waals surface area contributed by atoms with Crippen LogP contribution < -0.4 is 9.46 Å². The largest absolute Gasteiger partial charge is 0.494 e. The molecular formula is C17H18N2O4S. The maximum Gasteiger partial charge on any atom is 0.264 e. The predicted molar refractivity (Wildman–Crippen MR) is 90.9 cm³/mol. The zero-order chi connectivity index (χ0) is 17.6. The number of sulfonamides is 1. The van der Waals surface area contributed by atoms with E-state index in [0.29, 0.717) is 17.9 Å². The number of hydrogen-bond acceptors (Lipinski definition) is 5. The van der Waals surface area contributed by atoms with Crippen molar-refractivity contribution in [2.24, 2.45) is 0 Å². The smallest absolute Gasteiger partial charge is 0.264 e. The summed E-state index contributed by atoms with van der Waals surface area (Å²) in [5.41, 5.74) is 1.66. The first-order valence-corrected chi connectivity index (χ1v) is 8.78. The lowest BCUT2D eigenvalue weighted by Crippen LogP contribution is -2.28. The fraction of sp³-hybridized carbons (Fsp3) is 0.176. The third kappa shape index (κ3) is 4.92. The quantitative estimate of drug-likeness (QED) is 0.811. The van der Waals surface area contributed by atoms with Crippen LogP contribution in [0, 0.1) is 6.92 Å². The summed E-state index contributed by atoms with van der Waals surface area (Å²) in [5.74, 6) is -0.167. The van der Waals surface area contributed by atoms with Crippen LogP contribution in [-0.2, 0) is 14.8 Å². The molecule has 0 atom stereocenters. The predicted octanol–water partition coefficient (Wildman–Crippen LogP) is 2.31. The van der Waals surface area contributed by atoms with Crippen LogP contribution in [0.5, 0.6) is 5.75 Å². The highest BCUT2D eigenvalue weighted by atomic mass is 32.2. The molecule has 1 aromatic carbocycles. The summed E-state index contributed by atoms with van der Waals surface area (Å²) in [6, 6.07) is 7.68. The van der Waals surface area contributed by atoms with E-state index in [1.54, 1.807) is 12.4 Å². The second kappa shape index (κ2) is 7.74. The van der Waals surface area contributed by atoms with Gasteiger partial charge in [0.15, 0.2) is 0 Å². The maximum atomic E-state index is 12.2. The standard InChI is InChI=1S/C17H18N2O4S/c1-3-23-15-5-7-16(8-6-15)24(21,22)19-17(20)9-4-14-10-13(2)11-18-12-14/h4-12H,3H2,1-2H3,(H,19,20)/b9-4+. The second-order valence-electron chi connectivity index (χ2n) is 5.00. The molecule has 2 aromatic rings. The van der Waals surface area contributed by atoms with Crippen molar-refractivity contribution in [1.29, 1.82) is 0 Å². The average Bonchev–Trinajstić information content (AvgIpc) is 2.53. The van der Waals surface area contributed by atoms with Crippen LogP contribution in [0.25, 0.3) is 6.08 Å². The van der Waals surface area contributed by atoms with E-state index in [4.69, 9.17) is 4.74 Å². The van der Waals surface area contributed by atoms with E-state index in [-0.39, 0.29) is 4.90 Å². The van der Waals surface area contributed by atoms with Gasteiger partial charge in [-0.1, -0.05) is 0 Å². The number of nitrogens with one attached hydrogen (secondary N) is 1. The number of aryl methyl sites for hydroxylation is 1. The van der Waals surface area contributed by atoms with Crippen molar-refractivity contribution in [2.45, 2.75) is 18.7 Å². The first-order chi connectivity index (χ1) is 11.4. The average molecular weight is 346 g/mol. The van der Waals surface area contributed by atoms with Crippen molar-refractivity contribution in [3.05, 3.63) is 59.9 Å². The Bertz CT molecular complexity index is 843. The summed E-state index contributed by atoms with van der Waals surface area (Å²) in [4.78, 5) is 15.8. The highest BCUT2D eigenvalue weighted by Crippen LogP contribution is 2.15. The number of carbonyl (C=O) groups is 1. The SMILES string of the molecule is CCOc1ccc(S(=O)(=O)NC(=O)/C=C/c2cncc(C)c2)cc1. The Morgan fingerprint density at radius 3 is 2.58 bits per heavy atom. The Kier molecular flexibility index (Phi) is 5.70. The number of aromatic nitrogens is 1. The topological polar surface area (TPSA) is 85.4 Å². The van der Waals surface area contributed by atoms with Crippen molar-refractivity contribution in [3.8, 4) is 5.75 Å². The van der Waals surface area contributed by atoms with Gasteiger partial charge in [-0.05, 0) is 61.4 Å². The van der Waals surface area contributed by atoms with Gasteiger partial charge in [0, 0.05) is 18.5 Å². The highest BCUT2D eigenvalue weighted by molar-refractivity contribution is 7.90. The zero-order valence-electron chi connectivity index (χ0n) is 13.4. The molecule has 7 heteroatoms. The van der Waals surface area contributed by atoms with Crippen LogP contribution in [0.1, 0.15) is 18.1 Å². The Labute approximate surface area is 141 Å². The third-order valence-electron chi connectivity index (χ3n) is 3.00. The van der Waals surface area contributed by atoms with Crippen molar-refractivity contribution in [2.75, 3.05) is 6.61 Å². The van der Waals surface area contributed by atoms with Crippen LogP contribution in [0.4, 0.5) is 0 Å². The van der Waals surface area contributed by atoms with Crippen LogP contribution in [0.2, 0.25) is 0 Å². The lowest BCUT2D eigenvalue weighted by atomic mass is 10.2. The van der Waals surface area contributed by atoms with Gasteiger partial charge in [0.1, 0.15) is 5.75 Å². The second-order valence-corrected chi connectivity index (χ2v) is 6.69. The summed E-state index contributed by atoms with van der Waals surface area (Å²) in [6.07, 6.45) is 5.93. The normalized spacial score (nSPS) is 11.4. The molecule has 0 fully saturated rings. The number of rotatable bonds is 6. The fourth-order valence-electron chi connectivity index (χ4n) is 1.95. The summed E-state index contributed by atoms with van der Waals surface area (Å²) in [6.45, 7) is 4.20. The fourth-order valence-corrected chi connectivity index (χ4v) is 2.89. The van der Waals surface area contributed by atoms with Gasteiger partial charge in [-0.25, -0.2) is 13.1 Å². The molecule has 0 aliphatic heterocycles. The van der Waals surface area contributed by atoms with Crippen molar-refractivity contribution >= 4 is 22.0 Å². The van der Waals surface area contributed by atoms with Crippen molar-refractivity contribution in [1.82, 2.24) is 9.71 Å². The Morgan fingerprint density at radius 1 is 1.25 bits per heavy atom.